The van der Waals surface area contributed by atoms with Gasteiger partial charge in [0.1, 0.15) is 17.6 Å². The molecule has 0 spiro atoms. The molecule has 2 atom stereocenters. The van der Waals surface area contributed by atoms with E-state index in [9.17, 15) is 0 Å². The van der Waals surface area contributed by atoms with Gasteiger partial charge in [0.2, 0.25) is 0 Å². The normalized spacial score (nSPS) is 20.8. The molecule has 168 valence electrons. The zero-order valence-electron chi connectivity index (χ0n) is 19.0. The number of hydrogen-bond donors (Lipinski definition) is 1. The van der Waals surface area contributed by atoms with Crippen LogP contribution >= 0.6 is 11.6 Å². The van der Waals surface area contributed by atoms with E-state index in [4.69, 9.17) is 21.1 Å². The molecule has 4 nitrogen and oxygen atoms in total. The molecule has 2 heterocycles. The van der Waals surface area contributed by atoms with Gasteiger partial charge in [0.15, 0.2) is 0 Å². The Morgan fingerprint density at radius 3 is 2.68 bits per heavy atom. The van der Waals surface area contributed by atoms with E-state index in [0.717, 1.165) is 50.5 Å². The molecule has 1 saturated heterocycles. The fraction of sp³-hybridized carbons (Fsp3) is 0.538. The van der Waals surface area contributed by atoms with Crippen LogP contribution in [0.3, 0.4) is 0 Å². The Labute approximate surface area is 191 Å². The largest absolute Gasteiger partial charge is 0.495 e. The van der Waals surface area contributed by atoms with Gasteiger partial charge in [-0.25, -0.2) is 0 Å². The van der Waals surface area contributed by atoms with Gasteiger partial charge in [-0.2, -0.15) is 0 Å². The second-order valence-corrected chi connectivity index (χ2v) is 9.44. The van der Waals surface area contributed by atoms with Crippen LogP contribution < -0.4 is 14.8 Å². The van der Waals surface area contributed by atoms with E-state index in [0.29, 0.717) is 23.0 Å². The summed E-state index contributed by atoms with van der Waals surface area (Å²) in [5.41, 5.74) is 3.95. The van der Waals surface area contributed by atoms with Crippen molar-refractivity contribution in [2.24, 2.45) is 5.92 Å². The van der Waals surface area contributed by atoms with Gasteiger partial charge in [-0.1, -0.05) is 37.1 Å². The van der Waals surface area contributed by atoms with E-state index in [1.54, 1.807) is 7.11 Å². The topological polar surface area (TPSA) is 33.7 Å². The standard InChI is InChI=1S/C26H35ClN2O2/c1-4-5-25(18-10-12-28-13-11-18)31-21-7-8-22-20(14-21)16-29(2)17-23(22)19-6-9-26(30-3)24(27)15-19/h6-9,14-15,18,23,25,28H,4-5,10-13,16-17H2,1-3H3. The third-order valence-electron chi connectivity index (χ3n) is 6.77. The molecule has 0 bridgehead atoms. The molecule has 0 aromatic heterocycles. The third kappa shape index (κ3) is 5.19. The third-order valence-corrected chi connectivity index (χ3v) is 7.07. The molecule has 0 aliphatic carbocycles. The first-order valence-corrected chi connectivity index (χ1v) is 12.0. The molecule has 31 heavy (non-hydrogen) atoms. The van der Waals surface area contributed by atoms with Crippen LogP contribution in [-0.2, 0) is 6.54 Å². The number of hydrogen-bond acceptors (Lipinski definition) is 4. The van der Waals surface area contributed by atoms with Gasteiger partial charge in [0.05, 0.1) is 12.1 Å². The lowest BCUT2D eigenvalue weighted by Crippen LogP contribution is -2.37. The summed E-state index contributed by atoms with van der Waals surface area (Å²) in [7, 11) is 3.84. The van der Waals surface area contributed by atoms with Gasteiger partial charge in [0, 0.05) is 19.0 Å². The minimum atomic E-state index is 0.294. The van der Waals surface area contributed by atoms with Crippen LogP contribution in [0, 0.1) is 5.92 Å². The lowest BCUT2D eigenvalue weighted by molar-refractivity contribution is 0.103. The van der Waals surface area contributed by atoms with Crippen molar-refractivity contribution in [3.63, 3.8) is 0 Å². The predicted octanol–water partition coefficient (Wildman–Crippen LogP) is 5.47. The monoisotopic (exact) mass is 442 g/mol. The molecule has 2 unspecified atom stereocenters. The Kier molecular flexibility index (Phi) is 7.42. The number of ether oxygens (including phenoxy) is 2. The average Bonchev–Trinajstić information content (AvgIpc) is 2.78. The van der Waals surface area contributed by atoms with Gasteiger partial charge < -0.3 is 19.7 Å². The number of likely N-dealkylation sites (N-methyl/N-ethyl adjacent to an activating group) is 1. The quantitative estimate of drug-likeness (QED) is 0.616. The summed E-state index contributed by atoms with van der Waals surface area (Å²) >= 11 is 6.44. The van der Waals surface area contributed by atoms with Crippen molar-refractivity contribution in [1.29, 1.82) is 0 Å². The van der Waals surface area contributed by atoms with Crippen molar-refractivity contribution in [3.05, 3.63) is 58.1 Å². The van der Waals surface area contributed by atoms with E-state index in [2.05, 4.69) is 48.5 Å². The zero-order valence-corrected chi connectivity index (χ0v) is 19.8. The van der Waals surface area contributed by atoms with Crippen molar-refractivity contribution in [3.8, 4) is 11.5 Å². The summed E-state index contributed by atoms with van der Waals surface area (Å²) in [4.78, 5) is 2.38. The van der Waals surface area contributed by atoms with Crippen molar-refractivity contribution in [1.82, 2.24) is 10.2 Å². The van der Waals surface area contributed by atoms with Crippen LogP contribution in [0.2, 0.25) is 5.02 Å². The molecule has 0 radical (unpaired) electrons. The average molecular weight is 443 g/mol. The number of fused-ring (bicyclic) bond motifs is 1. The summed E-state index contributed by atoms with van der Waals surface area (Å²) in [6.07, 6.45) is 5.00. The molecule has 2 aliphatic heterocycles. The second kappa shape index (κ2) is 10.2. The van der Waals surface area contributed by atoms with E-state index in [1.807, 2.05) is 12.1 Å². The van der Waals surface area contributed by atoms with E-state index in [1.165, 1.54) is 29.5 Å². The van der Waals surface area contributed by atoms with Crippen LogP contribution in [0.5, 0.6) is 11.5 Å². The van der Waals surface area contributed by atoms with Gasteiger partial charge >= 0.3 is 0 Å². The molecule has 4 rings (SSSR count). The van der Waals surface area contributed by atoms with E-state index in [-0.39, 0.29) is 0 Å². The first-order valence-electron chi connectivity index (χ1n) is 11.6. The molecule has 2 aromatic carbocycles. The molecule has 2 aromatic rings. The molecular formula is C26H35ClN2O2. The van der Waals surface area contributed by atoms with Crippen LogP contribution in [0.25, 0.3) is 0 Å². The predicted molar refractivity (Wildman–Crippen MR) is 128 cm³/mol. The zero-order chi connectivity index (χ0) is 21.8. The highest BCUT2D eigenvalue weighted by atomic mass is 35.5. The summed E-state index contributed by atoms with van der Waals surface area (Å²) in [6.45, 7) is 6.39. The first-order chi connectivity index (χ1) is 15.1. The van der Waals surface area contributed by atoms with Crippen molar-refractivity contribution < 1.29 is 9.47 Å². The molecule has 1 N–H and O–H groups in total. The van der Waals surface area contributed by atoms with E-state index >= 15 is 0 Å². The summed E-state index contributed by atoms with van der Waals surface area (Å²) < 4.78 is 11.9. The fourth-order valence-electron chi connectivity index (χ4n) is 5.15. The maximum absolute atomic E-state index is 6.60. The Morgan fingerprint density at radius 2 is 1.97 bits per heavy atom. The van der Waals surface area contributed by atoms with Gasteiger partial charge in [-0.3, -0.25) is 0 Å². The van der Waals surface area contributed by atoms with Crippen molar-refractivity contribution in [2.75, 3.05) is 33.8 Å². The van der Waals surface area contributed by atoms with Crippen LogP contribution in [0.1, 0.15) is 55.2 Å². The number of nitrogens with zero attached hydrogens (tertiary/aromatic N) is 1. The van der Waals surface area contributed by atoms with Gasteiger partial charge in [0.25, 0.3) is 0 Å². The highest BCUT2D eigenvalue weighted by molar-refractivity contribution is 6.32. The lowest BCUT2D eigenvalue weighted by Gasteiger charge is -2.34. The SMILES string of the molecule is CCCC(Oc1ccc2c(c1)CN(C)CC2c1ccc(OC)c(Cl)c1)C1CCNCC1. The van der Waals surface area contributed by atoms with Crippen LogP contribution in [0.4, 0.5) is 0 Å². The Balaban J connectivity index is 1.58. The number of methoxy groups -OCH3 is 1. The molecular weight excluding hydrogens is 408 g/mol. The minimum Gasteiger partial charge on any atom is -0.495 e. The maximum atomic E-state index is 6.60. The van der Waals surface area contributed by atoms with Crippen molar-refractivity contribution in [2.45, 2.75) is 51.2 Å². The number of piperidine rings is 1. The fourth-order valence-corrected chi connectivity index (χ4v) is 5.41. The summed E-state index contributed by atoms with van der Waals surface area (Å²) in [6, 6.07) is 12.9. The maximum Gasteiger partial charge on any atom is 0.137 e. The summed E-state index contributed by atoms with van der Waals surface area (Å²) in [5, 5.41) is 4.14. The highest BCUT2D eigenvalue weighted by Gasteiger charge is 2.28. The Hall–Kier alpha value is -1.75. The Morgan fingerprint density at radius 1 is 1.16 bits per heavy atom. The Bertz CT molecular complexity index is 882. The number of nitrogens with one attached hydrogen (secondary N) is 1. The minimum absolute atomic E-state index is 0.294. The number of benzene rings is 2. The van der Waals surface area contributed by atoms with Crippen molar-refractivity contribution >= 4 is 11.6 Å². The molecule has 0 amide bonds. The first kappa shape index (κ1) is 22.4. The molecule has 2 aliphatic rings. The number of rotatable bonds is 7. The molecule has 0 saturated carbocycles. The molecule has 5 heteroatoms. The van der Waals surface area contributed by atoms with E-state index < -0.39 is 0 Å². The summed E-state index contributed by atoms with van der Waals surface area (Å²) in [5.74, 6) is 2.67. The second-order valence-electron chi connectivity index (χ2n) is 9.04. The highest BCUT2D eigenvalue weighted by Crippen LogP contribution is 2.38. The van der Waals surface area contributed by atoms with Gasteiger partial charge in [-0.05, 0) is 86.3 Å². The molecule has 1 fully saturated rings. The number of halogens is 1. The van der Waals surface area contributed by atoms with Crippen LogP contribution in [-0.4, -0.2) is 44.8 Å². The smallest absolute Gasteiger partial charge is 0.137 e. The lowest BCUT2D eigenvalue weighted by atomic mass is 9.84. The van der Waals surface area contributed by atoms with Gasteiger partial charge in [-0.15, -0.1) is 0 Å². The van der Waals surface area contributed by atoms with Crippen LogP contribution in [0.15, 0.2) is 36.4 Å².